The summed E-state index contributed by atoms with van der Waals surface area (Å²) >= 11 is 0. The van der Waals surface area contributed by atoms with E-state index in [0.717, 1.165) is 0 Å². The summed E-state index contributed by atoms with van der Waals surface area (Å²) in [7, 11) is 0. The fraction of sp³-hybridized carbons (Fsp3) is 0.154. The molecule has 132 valence electrons. The van der Waals surface area contributed by atoms with Crippen molar-refractivity contribution in [1.29, 1.82) is 0 Å². The molecule has 3 aromatic rings. The second-order valence-electron chi connectivity index (χ2n) is 5.74. The van der Waals surface area contributed by atoms with Crippen LogP contribution in [0.15, 0.2) is 109 Å². The van der Waals surface area contributed by atoms with Gasteiger partial charge in [0.15, 0.2) is 0 Å². The van der Waals surface area contributed by atoms with Crippen LogP contribution in [0.1, 0.15) is 32.3 Å². The Kier molecular flexibility index (Phi) is 8.72. The highest BCUT2D eigenvalue weighted by Gasteiger charge is 1.98. The van der Waals surface area contributed by atoms with E-state index in [2.05, 4.69) is 97.1 Å². The van der Waals surface area contributed by atoms with Crippen LogP contribution in [0.25, 0.3) is 16.7 Å². The zero-order valence-corrected chi connectivity index (χ0v) is 15.8. The van der Waals surface area contributed by atoms with Gasteiger partial charge in [-0.3, -0.25) is 0 Å². The van der Waals surface area contributed by atoms with E-state index in [4.69, 9.17) is 0 Å². The molecule has 0 heteroatoms. The maximum absolute atomic E-state index is 2.30. The van der Waals surface area contributed by atoms with Gasteiger partial charge < -0.3 is 0 Å². The van der Waals surface area contributed by atoms with Crippen LogP contribution in [0.5, 0.6) is 0 Å². The van der Waals surface area contributed by atoms with Gasteiger partial charge in [0.1, 0.15) is 0 Å². The van der Waals surface area contributed by atoms with Gasteiger partial charge in [-0.2, -0.15) is 0 Å². The summed E-state index contributed by atoms with van der Waals surface area (Å²) in [6.07, 6.45) is 9.12. The van der Waals surface area contributed by atoms with Crippen LogP contribution in [0.4, 0.5) is 0 Å². The van der Waals surface area contributed by atoms with Crippen molar-refractivity contribution in [3.63, 3.8) is 0 Å². The zero-order chi connectivity index (χ0) is 18.5. The third kappa shape index (κ3) is 6.22. The molecule has 0 atom stereocenters. The summed E-state index contributed by atoms with van der Waals surface area (Å²) in [4.78, 5) is 0. The van der Waals surface area contributed by atoms with Crippen LogP contribution < -0.4 is 0 Å². The van der Waals surface area contributed by atoms with Gasteiger partial charge in [-0.15, -0.1) is 0 Å². The molecule has 26 heavy (non-hydrogen) atoms. The fourth-order valence-electron chi connectivity index (χ4n) is 2.72. The van der Waals surface area contributed by atoms with E-state index in [1.807, 2.05) is 26.0 Å². The second kappa shape index (κ2) is 11.7. The molecular formula is C26H28. The minimum atomic E-state index is 1.18. The lowest BCUT2D eigenvalue weighted by Crippen LogP contribution is -1.84. The van der Waals surface area contributed by atoms with Gasteiger partial charge in [0.2, 0.25) is 0 Å². The minimum Gasteiger partial charge on any atom is -0.0836 e. The third-order valence-corrected chi connectivity index (χ3v) is 3.98. The van der Waals surface area contributed by atoms with Crippen LogP contribution in [0.2, 0.25) is 0 Å². The summed E-state index contributed by atoms with van der Waals surface area (Å²) in [6.45, 7) is 4.00. The molecule has 0 nitrogen and oxygen atoms in total. The molecule has 1 aliphatic carbocycles. The molecule has 4 rings (SSSR count). The fourth-order valence-corrected chi connectivity index (χ4v) is 2.72. The molecule has 0 unspecified atom stereocenters. The molecule has 3 aromatic carbocycles. The monoisotopic (exact) mass is 340 g/mol. The molecule has 0 bridgehead atoms. The Bertz CT molecular complexity index is 744. The molecule has 0 amide bonds. The van der Waals surface area contributed by atoms with Crippen molar-refractivity contribution >= 4 is 5.57 Å². The van der Waals surface area contributed by atoms with Crippen molar-refractivity contribution in [3.05, 3.63) is 115 Å². The molecule has 0 aliphatic heterocycles. The van der Waals surface area contributed by atoms with Crippen molar-refractivity contribution in [2.75, 3.05) is 0 Å². The highest BCUT2D eigenvalue weighted by Crippen LogP contribution is 2.20. The zero-order valence-electron chi connectivity index (χ0n) is 15.8. The highest BCUT2D eigenvalue weighted by molar-refractivity contribution is 5.74. The van der Waals surface area contributed by atoms with Crippen LogP contribution in [-0.4, -0.2) is 0 Å². The highest BCUT2D eigenvalue weighted by atomic mass is 14.0. The van der Waals surface area contributed by atoms with Crippen molar-refractivity contribution < 1.29 is 0 Å². The Balaban J connectivity index is 0.000000171. The lowest BCUT2D eigenvalue weighted by molar-refractivity contribution is 1.04. The first-order chi connectivity index (χ1) is 12.9. The average Bonchev–Trinajstić information content (AvgIpc) is 2.78. The largest absolute Gasteiger partial charge is 0.0836 e. The number of allylic oxidation sites excluding steroid dienone is 4. The Morgan fingerprint density at radius 1 is 0.500 bits per heavy atom. The molecule has 0 aromatic heterocycles. The second-order valence-corrected chi connectivity index (χ2v) is 5.74. The van der Waals surface area contributed by atoms with E-state index in [9.17, 15) is 0 Å². The number of hydrogen-bond acceptors (Lipinski definition) is 0. The summed E-state index contributed by atoms with van der Waals surface area (Å²) in [5, 5.41) is 0. The van der Waals surface area contributed by atoms with Crippen molar-refractivity contribution in [3.8, 4) is 11.1 Å². The first-order valence-electron chi connectivity index (χ1n) is 9.46. The van der Waals surface area contributed by atoms with Gasteiger partial charge in [0, 0.05) is 0 Å². The first-order valence-corrected chi connectivity index (χ1v) is 9.46. The summed E-state index contributed by atoms with van der Waals surface area (Å²) in [6, 6.07) is 31.3. The van der Waals surface area contributed by atoms with E-state index in [1.165, 1.54) is 35.1 Å². The molecular weight excluding hydrogens is 312 g/mol. The van der Waals surface area contributed by atoms with E-state index in [1.54, 1.807) is 0 Å². The van der Waals surface area contributed by atoms with Gasteiger partial charge in [0.05, 0.1) is 0 Å². The molecule has 0 radical (unpaired) electrons. The van der Waals surface area contributed by atoms with Gasteiger partial charge in [-0.05, 0) is 35.1 Å². The Morgan fingerprint density at radius 2 is 0.923 bits per heavy atom. The van der Waals surface area contributed by atoms with E-state index < -0.39 is 0 Å². The molecule has 1 aliphatic rings. The maximum atomic E-state index is 2.30. The van der Waals surface area contributed by atoms with Crippen molar-refractivity contribution in [2.45, 2.75) is 26.7 Å². The summed E-state index contributed by atoms with van der Waals surface area (Å²) in [5.41, 5.74) is 5.24. The molecule has 0 fully saturated rings. The van der Waals surface area contributed by atoms with E-state index >= 15 is 0 Å². The average molecular weight is 341 g/mol. The van der Waals surface area contributed by atoms with Crippen LogP contribution in [0.3, 0.4) is 0 Å². The normalized spacial score (nSPS) is 12.0. The smallest absolute Gasteiger partial charge is 0.0184 e. The van der Waals surface area contributed by atoms with Gasteiger partial charge >= 0.3 is 0 Å². The first kappa shape index (κ1) is 19.5. The Hall–Kier alpha value is -2.86. The van der Waals surface area contributed by atoms with Crippen molar-refractivity contribution in [2.24, 2.45) is 0 Å². The summed E-state index contributed by atoms with van der Waals surface area (Å²) < 4.78 is 0. The molecule has 0 N–H and O–H groups in total. The topological polar surface area (TPSA) is 0 Å². The lowest BCUT2D eigenvalue weighted by Gasteiger charge is -2.05. The molecule has 0 saturated heterocycles. The van der Waals surface area contributed by atoms with Crippen molar-refractivity contribution in [1.82, 2.24) is 0 Å². The molecule has 0 spiro atoms. The van der Waals surface area contributed by atoms with Crippen LogP contribution >= 0.6 is 0 Å². The number of hydrogen-bond donors (Lipinski definition) is 0. The standard InChI is InChI=1S/C12H12.C12H10.C2H6/c2*1-3-7-11(8-4-1)12-9-5-2-6-10-12;1-2/h1,3-5,7-10H,2,6H2;1-10H;1-2H3. The SMILES string of the molecule is C1=CC(c2ccccc2)=CCC1.CC.c1ccc(-c2ccccc2)cc1. The predicted octanol–water partition coefficient (Wildman–Crippen LogP) is 7.80. The minimum absolute atomic E-state index is 1.18. The van der Waals surface area contributed by atoms with Gasteiger partial charge in [0.25, 0.3) is 0 Å². The molecule has 0 heterocycles. The summed E-state index contributed by atoms with van der Waals surface area (Å²) in [5.74, 6) is 0. The van der Waals surface area contributed by atoms with E-state index in [-0.39, 0.29) is 0 Å². The quantitative estimate of drug-likeness (QED) is 0.446. The van der Waals surface area contributed by atoms with Crippen LogP contribution in [-0.2, 0) is 0 Å². The van der Waals surface area contributed by atoms with Gasteiger partial charge in [-0.25, -0.2) is 0 Å². The van der Waals surface area contributed by atoms with Gasteiger partial charge in [-0.1, -0.05) is 123 Å². The van der Waals surface area contributed by atoms with Crippen LogP contribution in [0, 0.1) is 0 Å². The third-order valence-electron chi connectivity index (χ3n) is 3.98. The Labute approximate surface area is 158 Å². The number of benzene rings is 3. The van der Waals surface area contributed by atoms with E-state index in [0.29, 0.717) is 0 Å². The Morgan fingerprint density at radius 3 is 1.31 bits per heavy atom. The number of rotatable bonds is 2. The lowest BCUT2D eigenvalue weighted by atomic mass is 10.00. The maximum Gasteiger partial charge on any atom is -0.0184 e. The molecule has 0 saturated carbocycles. The predicted molar refractivity (Wildman–Crippen MR) is 116 cm³/mol.